The van der Waals surface area contributed by atoms with Crippen LogP contribution in [0.2, 0.25) is 0 Å². The number of carbonyl (C=O) groups is 1. The van der Waals surface area contributed by atoms with E-state index in [9.17, 15) is 9.59 Å². The van der Waals surface area contributed by atoms with Gasteiger partial charge in [0.1, 0.15) is 18.2 Å². The van der Waals surface area contributed by atoms with Crippen LogP contribution in [0.1, 0.15) is 43.0 Å². The lowest BCUT2D eigenvalue weighted by Crippen LogP contribution is -2.45. The Morgan fingerprint density at radius 3 is 2.76 bits per heavy atom. The monoisotopic (exact) mass is 288 g/mol. The van der Waals surface area contributed by atoms with Crippen LogP contribution in [0.15, 0.2) is 4.79 Å². The number of aryl methyl sites for hydroxylation is 1. The molecule has 21 heavy (non-hydrogen) atoms. The topological polar surface area (TPSA) is 79.0 Å². The summed E-state index contributed by atoms with van der Waals surface area (Å²) < 4.78 is 1.12. The molecule has 0 radical (unpaired) electrons. The normalized spacial score (nSPS) is 18.4. The van der Waals surface area contributed by atoms with Crippen LogP contribution in [0.4, 0.5) is 0 Å². The van der Waals surface area contributed by atoms with Gasteiger partial charge in [-0.05, 0) is 45.6 Å². The third-order valence-corrected chi connectivity index (χ3v) is 4.16. The molecule has 6 nitrogen and oxygen atoms in total. The Morgan fingerprint density at radius 2 is 2.14 bits per heavy atom. The lowest BCUT2D eigenvalue weighted by atomic mass is 10.0. The summed E-state index contributed by atoms with van der Waals surface area (Å²) >= 11 is 0. The number of carbonyl (C=O) groups excluding carboxylic acids is 1. The summed E-state index contributed by atoms with van der Waals surface area (Å²) in [4.78, 5) is 26.4. The number of piperidine rings is 1. The largest absolute Gasteiger partial charge is 0.338 e. The van der Waals surface area contributed by atoms with Crippen molar-refractivity contribution in [2.24, 2.45) is 0 Å². The average molecular weight is 288 g/mol. The van der Waals surface area contributed by atoms with Gasteiger partial charge in [-0.2, -0.15) is 10.4 Å². The summed E-state index contributed by atoms with van der Waals surface area (Å²) in [5.41, 5.74) is 0.767. The summed E-state index contributed by atoms with van der Waals surface area (Å²) in [5.74, 6) is -0.107. The van der Waals surface area contributed by atoms with E-state index in [1.165, 1.54) is 0 Å². The number of hydrogen-bond donors (Lipinski definition) is 0. The van der Waals surface area contributed by atoms with Crippen molar-refractivity contribution in [3.8, 4) is 6.07 Å². The zero-order valence-corrected chi connectivity index (χ0v) is 12.7. The minimum absolute atomic E-state index is 0.0713. The smallest absolute Gasteiger partial charge is 0.285 e. The van der Waals surface area contributed by atoms with E-state index >= 15 is 0 Å². The highest BCUT2D eigenvalue weighted by atomic mass is 16.2. The number of likely N-dealkylation sites (tertiary alicyclic amines) is 1. The lowest BCUT2D eigenvalue weighted by molar-refractivity contribution is -0.135. The van der Waals surface area contributed by atoms with Crippen molar-refractivity contribution in [1.29, 1.82) is 5.26 Å². The van der Waals surface area contributed by atoms with Gasteiger partial charge in [0.25, 0.3) is 5.56 Å². The average Bonchev–Trinajstić information content (AvgIpc) is 2.45. The van der Waals surface area contributed by atoms with Crippen molar-refractivity contribution < 1.29 is 4.79 Å². The van der Waals surface area contributed by atoms with Gasteiger partial charge in [0.15, 0.2) is 0 Å². The highest BCUT2D eigenvalue weighted by molar-refractivity contribution is 5.76. The zero-order valence-electron chi connectivity index (χ0n) is 12.7. The molecule has 1 atom stereocenters. The minimum Gasteiger partial charge on any atom is -0.338 e. The van der Waals surface area contributed by atoms with Crippen LogP contribution in [-0.4, -0.2) is 33.2 Å². The van der Waals surface area contributed by atoms with E-state index in [1.54, 1.807) is 18.7 Å². The molecule has 1 fully saturated rings. The van der Waals surface area contributed by atoms with Crippen molar-refractivity contribution in [2.45, 2.75) is 52.6 Å². The molecule has 0 bridgehead atoms. The molecule has 0 aliphatic carbocycles. The Kier molecular flexibility index (Phi) is 4.41. The summed E-state index contributed by atoms with van der Waals surface area (Å²) in [6, 6.07) is 2.11. The Hall–Kier alpha value is -2.16. The van der Waals surface area contributed by atoms with Crippen molar-refractivity contribution in [2.75, 3.05) is 6.54 Å². The van der Waals surface area contributed by atoms with Gasteiger partial charge in [-0.15, -0.1) is 0 Å². The second-order valence-electron chi connectivity index (χ2n) is 5.59. The first-order chi connectivity index (χ1) is 9.95. The fraction of sp³-hybridized carbons (Fsp3) is 0.600. The number of nitriles is 1. The summed E-state index contributed by atoms with van der Waals surface area (Å²) in [6.45, 7) is 6.08. The van der Waals surface area contributed by atoms with Crippen molar-refractivity contribution in [3.05, 3.63) is 27.2 Å². The molecule has 0 N–H and O–H groups in total. The van der Waals surface area contributed by atoms with E-state index in [0.29, 0.717) is 11.3 Å². The van der Waals surface area contributed by atoms with E-state index < -0.39 is 5.56 Å². The summed E-state index contributed by atoms with van der Waals surface area (Å²) in [6.07, 6.45) is 3.12. The lowest BCUT2D eigenvalue weighted by Gasteiger charge is -2.33. The third-order valence-electron chi connectivity index (χ3n) is 4.16. The predicted molar refractivity (Wildman–Crippen MR) is 77.7 cm³/mol. The maximum absolute atomic E-state index is 12.4. The minimum atomic E-state index is -0.487. The van der Waals surface area contributed by atoms with Crippen LogP contribution in [0.3, 0.4) is 0 Å². The van der Waals surface area contributed by atoms with Crippen LogP contribution < -0.4 is 5.56 Å². The molecule has 0 aromatic carbocycles. The second kappa shape index (κ2) is 6.08. The predicted octanol–water partition coefficient (Wildman–Crippen LogP) is 1.13. The number of hydrogen-bond acceptors (Lipinski definition) is 4. The first kappa shape index (κ1) is 15.2. The first-order valence-corrected chi connectivity index (χ1v) is 7.23. The van der Waals surface area contributed by atoms with Crippen LogP contribution >= 0.6 is 0 Å². The molecular formula is C15H20N4O2. The van der Waals surface area contributed by atoms with Crippen LogP contribution in [0.25, 0.3) is 0 Å². The van der Waals surface area contributed by atoms with Gasteiger partial charge in [-0.1, -0.05) is 0 Å². The van der Waals surface area contributed by atoms with Gasteiger partial charge in [0.05, 0.1) is 5.69 Å². The third kappa shape index (κ3) is 2.97. The standard InChI is InChI=1S/C15H20N4O2/c1-10-6-4-5-7-18(10)14(20)9-19-15(21)13(8-16)11(2)12(3)17-19/h10H,4-7,9H2,1-3H3. The molecule has 112 valence electrons. The van der Waals surface area contributed by atoms with Crippen LogP contribution in [0.5, 0.6) is 0 Å². The molecule has 0 saturated carbocycles. The molecule has 1 aromatic heterocycles. The SMILES string of the molecule is Cc1nn(CC(=O)N2CCCCC2C)c(=O)c(C#N)c1C. The van der Waals surface area contributed by atoms with Crippen molar-refractivity contribution >= 4 is 5.91 Å². The van der Waals surface area contributed by atoms with E-state index in [0.717, 1.165) is 30.5 Å². The molecule has 1 unspecified atom stereocenters. The molecule has 0 spiro atoms. The number of aromatic nitrogens is 2. The summed E-state index contributed by atoms with van der Waals surface area (Å²) in [5, 5.41) is 13.2. The van der Waals surface area contributed by atoms with Gasteiger partial charge in [0, 0.05) is 12.6 Å². The fourth-order valence-corrected chi connectivity index (χ4v) is 2.70. The Labute approximate surface area is 124 Å². The molecule has 1 saturated heterocycles. The number of amides is 1. The molecule has 2 rings (SSSR count). The van der Waals surface area contributed by atoms with Gasteiger partial charge >= 0.3 is 0 Å². The molecule has 1 aliphatic heterocycles. The molecule has 1 aliphatic rings. The molecule has 1 amide bonds. The van der Waals surface area contributed by atoms with Gasteiger partial charge in [-0.3, -0.25) is 9.59 Å². The Balaban J connectivity index is 2.28. The van der Waals surface area contributed by atoms with E-state index in [-0.39, 0.29) is 24.1 Å². The van der Waals surface area contributed by atoms with Crippen molar-refractivity contribution in [1.82, 2.24) is 14.7 Å². The van der Waals surface area contributed by atoms with Crippen LogP contribution in [-0.2, 0) is 11.3 Å². The fourth-order valence-electron chi connectivity index (χ4n) is 2.70. The van der Waals surface area contributed by atoms with E-state index in [1.807, 2.05) is 13.0 Å². The highest BCUT2D eigenvalue weighted by Gasteiger charge is 2.24. The molecule has 6 heteroatoms. The van der Waals surface area contributed by atoms with E-state index in [4.69, 9.17) is 5.26 Å². The quantitative estimate of drug-likeness (QED) is 0.817. The summed E-state index contributed by atoms with van der Waals surface area (Å²) in [7, 11) is 0. The number of rotatable bonds is 2. The van der Waals surface area contributed by atoms with Gasteiger partial charge in [-0.25, -0.2) is 4.68 Å². The Bertz CT molecular complexity index is 657. The maximum Gasteiger partial charge on any atom is 0.285 e. The number of nitrogens with zero attached hydrogens (tertiary/aromatic N) is 4. The van der Waals surface area contributed by atoms with Crippen LogP contribution in [0, 0.1) is 25.2 Å². The van der Waals surface area contributed by atoms with E-state index in [2.05, 4.69) is 5.10 Å². The Morgan fingerprint density at radius 1 is 1.43 bits per heavy atom. The van der Waals surface area contributed by atoms with Gasteiger partial charge < -0.3 is 4.90 Å². The molecular weight excluding hydrogens is 268 g/mol. The second-order valence-corrected chi connectivity index (χ2v) is 5.59. The molecule has 2 heterocycles. The van der Waals surface area contributed by atoms with Crippen molar-refractivity contribution in [3.63, 3.8) is 0 Å². The first-order valence-electron chi connectivity index (χ1n) is 7.23. The zero-order chi connectivity index (χ0) is 15.6. The molecule has 1 aromatic rings. The van der Waals surface area contributed by atoms with Gasteiger partial charge in [0.2, 0.25) is 5.91 Å². The highest BCUT2D eigenvalue weighted by Crippen LogP contribution is 2.16. The maximum atomic E-state index is 12.4.